The number of aromatic nitrogens is 3. The van der Waals surface area contributed by atoms with E-state index in [-0.39, 0.29) is 0 Å². The third-order valence-corrected chi connectivity index (χ3v) is 3.22. The van der Waals surface area contributed by atoms with Gasteiger partial charge in [-0.1, -0.05) is 12.1 Å². The summed E-state index contributed by atoms with van der Waals surface area (Å²) in [6.45, 7) is 1.41. The standard InChI is InChI=1S/C11H11N3OS/c1-14-10(12-13-11(14)16)7-2-3-8-5-15-6-9(8)4-7/h2-4H,5-6H2,1H3,(H,13,16). The number of hydrogen-bond donors (Lipinski definition) is 1. The van der Waals surface area contributed by atoms with Crippen LogP contribution in [-0.2, 0) is 25.0 Å². The largest absolute Gasteiger partial charge is 0.372 e. The smallest absolute Gasteiger partial charge is 0.195 e. The van der Waals surface area contributed by atoms with Crippen LogP contribution in [0.5, 0.6) is 0 Å². The summed E-state index contributed by atoms with van der Waals surface area (Å²) >= 11 is 5.09. The zero-order chi connectivity index (χ0) is 11.1. The minimum absolute atomic E-state index is 0.631. The molecule has 0 bridgehead atoms. The first kappa shape index (κ1) is 9.74. The topological polar surface area (TPSA) is 42.8 Å². The van der Waals surface area contributed by atoms with Gasteiger partial charge in [0.2, 0.25) is 0 Å². The molecule has 0 unspecified atom stereocenters. The molecule has 0 spiro atoms. The van der Waals surface area contributed by atoms with Crippen molar-refractivity contribution in [3.63, 3.8) is 0 Å². The Morgan fingerprint density at radius 3 is 2.94 bits per heavy atom. The number of nitrogens with zero attached hydrogens (tertiary/aromatic N) is 2. The van der Waals surface area contributed by atoms with Crippen LogP contribution in [0.1, 0.15) is 11.1 Å². The number of nitrogens with one attached hydrogen (secondary N) is 1. The van der Waals surface area contributed by atoms with Crippen LogP contribution >= 0.6 is 12.2 Å². The number of hydrogen-bond acceptors (Lipinski definition) is 3. The zero-order valence-corrected chi connectivity index (χ0v) is 9.67. The SMILES string of the molecule is Cn1c(-c2ccc3c(c2)COC3)n[nH]c1=S. The molecule has 0 fully saturated rings. The number of fused-ring (bicyclic) bond motifs is 1. The van der Waals surface area contributed by atoms with Crippen molar-refractivity contribution in [1.29, 1.82) is 0 Å². The van der Waals surface area contributed by atoms with Gasteiger partial charge in [-0.3, -0.25) is 5.10 Å². The van der Waals surface area contributed by atoms with Gasteiger partial charge < -0.3 is 9.30 Å². The Balaban J connectivity index is 2.14. The summed E-state index contributed by atoms with van der Waals surface area (Å²) in [6.07, 6.45) is 0. The molecule has 0 saturated carbocycles. The maximum atomic E-state index is 5.39. The molecule has 2 heterocycles. The van der Waals surface area contributed by atoms with E-state index in [1.165, 1.54) is 11.1 Å². The summed E-state index contributed by atoms with van der Waals surface area (Å²) in [5.74, 6) is 0.861. The molecule has 0 saturated heterocycles. The van der Waals surface area contributed by atoms with Crippen LogP contribution in [0.4, 0.5) is 0 Å². The van der Waals surface area contributed by atoms with Gasteiger partial charge >= 0.3 is 0 Å². The Hall–Kier alpha value is -1.46. The van der Waals surface area contributed by atoms with Crippen molar-refractivity contribution < 1.29 is 4.74 Å². The average Bonchev–Trinajstić information content (AvgIpc) is 2.86. The second-order valence-electron chi connectivity index (χ2n) is 3.89. The molecular weight excluding hydrogens is 222 g/mol. The maximum Gasteiger partial charge on any atom is 0.195 e. The lowest BCUT2D eigenvalue weighted by Gasteiger charge is -2.02. The molecule has 5 heteroatoms. The predicted octanol–water partition coefficient (Wildman–Crippen LogP) is 2.17. The van der Waals surface area contributed by atoms with Crippen molar-refractivity contribution >= 4 is 12.2 Å². The molecule has 4 nitrogen and oxygen atoms in total. The first-order valence-corrected chi connectivity index (χ1v) is 5.48. The van der Waals surface area contributed by atoms with E-state index in [4.69, 9.17) is 17.0 Å². The average molecular weight is 233 g/mol. The van der Waals surface area contributed by atoms with Gasteiger partial charge in [0.1, 0.15) is 0 Å². The first-order valence-electron chi connectivity index (χ1n) is 5.07. The van der Waals surface area contributed by atoms with E-state index in [2.05, 4.69) is 28.4 Å². The Morgan fingerprint density at radius 1 is 1.38 bits per heavy atom. The van der Waals surface area contributed by atoms with Crippen LogP contribution in [0, 0.1) is 4.77 Å². The van der Waals surface area contributed by atoms with Gasteiger partial charge in [-0.25, -0.2) is 0 Å². The minimum atomic E-state index is 0.631. The number of aromatic amines is 1. The van der Waals surface area contributed by atoms with E-state index in [0.717, 1.165) is 11.4 Å². The lowest BCUT2D eigenvalue weighted by atomic mass is 10.1. The van der Waals surface area contributed by atoms with E-state index >= 15 is 0 Å². The first-order chi connectivity index (χ1) is 7.75. The molecule has 82 valence electrons. The summed E-state index contributed by atoms with van der Waals surface area (Å²) in [6, 6.07) is 6.27. The zero-order valence-electron chi connectivity index (χ0n) is 8.86. The fraction of sp³-hybridized carbons (Fsp3) is 0.273. The molecule has 0 amide bonds. The Morgan fingerprint density at radius 2 is 2.19 bits per heavy atom. The molecule has 2 aromatic rings. The van der Waals surface area contributed by atoms with Gasteiger partial charge in [-0.05, 0) is 29.4 Å². The number of ether oxygens (including phenoxy) is 1. The van der Waals surface area contributed by atoms with Crippen LogP contribution in [0.3, 0.4) is 0 Å². The van der Waals surface area contributed by atoms with Crippen molar-refractivity contribution in [1.82, 2.24) is 14.8 Å². The van der Waals surface area contributed by atoms with Crippen LogP contribution in [0.25, 0.3) is 11.4 Å². The fourth-order valence-corrected chi connectivity index (χ4v) is 2.05. The third-order valence-electron chi connectivity index (χ3n) is 2.86. The highest BCUT2D eigenvalue weighted by Crippen LogP contribution is 2.25. The molecule has 0 aliphatic carbocycles. The van der Waals surface area contributed by atoms with Crippen molar-refractivity contribution in [2.45, 2.75) is 13.2 Å². The normalized spacial score (nSPS) is 14.1. The van der Waals surface area contributed by atoms with Gasteiger partial charge in [0.05, 0.1) is 13.2 Å². The van der Waals surface area contributed by atoms with E-state index in [1.807, 2.05) is 11.6 Å². The van der Waals surface area contributed by atoms with Gasteiger partial charge in [0.25, 0.3) is 0 Å². The molecular formula is C11H11N3OS. The van der Waals surface area contributed by atoms with E-state index in [1.54, 1.807) is 0 Å². The summed E-state index contributed by atoms with van der Waals surface area (Å²) < 4.78 is 7.88. The highest BCUT2D eigenvalue weighted by Gasteiger charge is 2.13. The molecule has 3 rings (SSSR count). The molecule has 1 aliphatic rings. The summed E-state index contributed by atoms with van der Waals surface area (Å²) in [5, 5.41) is 7.00. The van der Waals surface area contributed by atoms with Crippen LogP contribution < -0.4 is 0 Å². The minimum Gasteiger partial charge on any atom is -0.372 e. The van der Waals surface area contributed by atoms with Crippen LogP contribution in [0.15, 0.2) is 18.2 Å². The Bertz CT molecular complexity index is 600. The Labute approximate surface area is 97.9 Å². The van der Waals surface area contributed by atoms with E-state index in [0.29, 0.717) is 18.0 Å². The monoisotopic (exact) mass is 233 g/mol. The van der Waals surface area contributed by atoms with Crippen LogP contribution in [0.2, 0.25) is 0 Å². The van der Waals surface area contributed by atoms with Crippen molar-refractivity contribution in [3.05, 3.63) is 34.1 Å². The highest BCUT2D eigenvalue weighted by atomic mass is 32.1. The van der Waals surface area contributed by atoms with Gasteiger partial charge in [0, 0.05) is 12.6 Å². The lowest BCUT2D eigenvalue weighted by molar-refractivity contribution is 0.134. The van der Waals surface area contributed by atoms with Crippen molar-refractivity contribution in [3.8, 4) is 11.4 Å². The fourth-order valence-electron chi connectivity index (χ4n) is 1.92. The number of rotatable bonds is 1. The third kappa shape index (κ3) is 1.40. The maximum absolute atomic E-state index is 5.39. The molecule has 0 atom stereocenters. The van der Waals surface area contributed by atoms with Crippen molar-refractivity contribution in [2.75, 3.05) is 0 Å². The molecule has 1 aromatic carbocycles. The van der Waals surface area contributed by atoms with E-state index in [9.17, 15) is 0 Å². The quantitative estimate of drug-likeness (QED) is 0.768. The molecule has 0 radical (unpaired) electrons. The highest BCUT2D eigenvalue weighted by molar-refractivity contribution is 7.71. The van der Waals surface area contributed by atoms with Crippen molar-refractivity contribution in [2.24, 2.45) is 7.05 Å². The van der Waals surface area contributed by atoms with Gasteiger partial charge in [-0.15, -0.1) is 0 Å². The van der Waals surface area contributed by atoms with Gasteiger partial charge in [-0.2, -0.15) is 5.10 Å². The second kappa shape index (κ2) is 3.54. The molecule has 16 heavy (non-hydrogen) atoms. The number of H-pyrrole nitrogens is 1. The summed E-state index contributed by atoms with van der Waals surface area (Å²) in [5.41, 5.74) is 3.58. The Kier molecular flexibility index (Phi) is 2.15. The molecule has 1 aliphatic heterocycles. The van der Waals surface area contributed by atoms with Crippen LogP contribution in [-0.4, -0.2) is 14.8 Å². The molecule has 1 aromatic heterocycles. The van der Waals surface area contributed by atoms with E-state index < -0.39 is 0 Å². The number of benzene rings is 1. The van der Waals surface area contributed by atoms with Gasteiger partial charge in [0.15, 0.2) is 10.6 Å². The second-order valence-corrected chi connectivity index (χ2v) is 4.27. The summed E-state index contributed by atoms with van der Waals surface area (Å²) in [7, 11) is 1.91. The predicted molar refractivity (Wildman–Crippen MR) is 62.3 cm³/mol. The molecule has 1 N–H and O–H groups in total. The lowest BCUT2D eigenvalue weighted by Crippen LogP contribution is -1.93. The summed E-state index contributed by atoms with van der Waals surface area (Å²) in [4.78, 5) is 0.